The van der Waals surface area contributed by atoms with Gasteiger partial charge in [-0.2, -0.15) is 5.26 Å². The zero-order chi connectivity index (χ0) is 16.7. The van der Waals surface area contributed by atoms with Gasteiger partial charge in [0.1, 0.15) is 23.2 Å². The summed E-state index contributed by atoms with van der Waals surface area (Å²) >= 11 is 0. The molecule has 3 aromatic carbocycles. The Labute approximate surface area is 138 Å². The summed E-state index contributed by atoms with van der Waals surface area (Å²) in [6.45, 7) is 0. The van der Waals surface area contributed by atoms with Crippen molar-refractivity contribution in [3.63, 3.8) is 0 Å². The molecule has 3 nitrogen and oxygen atoms in total. The standard InChI is InChI=1S/C20H13FN2O/c21-15-7-5-12(6-8-15)19-16-9-13-3-1-2-4-14(13)10-18(16)24-20(23)17(19)11-22/h1-10,19H,23H2. The van der Waals surface area contributed by atoms with Crippen molar-refractivity contribution in [3.8, 4) is 11.8 Å². The van der Waals surface area contributed by atoms with E-state index in [4.69, 9.17) is 10.5 Å². The minimum atomic E-state index is -0.371. The van der Waals surface area contributed by atoms with Gasteiger partial charge in [0.15, 0.2) is 0 Å². The lowest BCUT2D eigenvalue weighted by molar-refractivity contribution is 0.394. The number of hydrogen-bond donors (Lipinski definition) is 1. The van der Waals surface area contributed by atoms with Crippen LogP contribution in [0.25, 0.3) is 10.8 Å². The van der Waals surface area contributed by atoms with Gasteiger partial charge in [-0.15, -0.1) is 0 Å². The monoisotopic (exact) mass is 316 g/mol. The Hall–Kier alpha value is -3.32. The molecule has 0 radical (unpaired) electrons. The van der Waals surface area contributed by atoms with Gasteiger partial charge in [0.2, 0.25) is 5.88 Å². The fourth-order valence-electron chi connectivity index (χ4n) is 3.14. The molecule has 1 aliphatic rings. The molecule has 0 fully saturated rings. The Morgan fingerprint density at radius 2 is 1.67 bits per heavy atom. The van der Waals surface area contributed by atoms with Gasteiger partial charge in [-0.25, -0.2) is 4.39 Å². The van der Waals surface area contributed by atoms with E-state index in [2.05, 4.69) is 6.07 Å². The molecule has 3 aromatic rings. The summed E-state index contributed by atoms with van der Waals surface area (Å²) in [6, 6.07) is 20.1. The number of nitrogens with zero attached hydrogens (tertiary/aromatic N) is 1. The molecule has 1 aliphatic heterocycles. The van der Waals surface area contributed by atoms with Gasteiger partial charge in [0.25, 0.3) is 0 Å². The van der Waals surface area contributed by atoms with Crippen molar-refractivity contribution in [2.75, 3.05) is 0 Å². The van der Waals surface area contributed by atoms with Gasteiger partial charge in [-0.3, -0.25) is 0 Å². The molecule has 24 heavy (non-hydrogen) atoms. The lowest BCUT2D eigenvalue weighted by Crippen LogP contribution is -2.21. The summed E-state index contributed by atoms with van der Waals surface area (Å²) < 4.78 is 19.0. The highest BCUT2D eigenvalue weighted by Crippen LogP contribution is 2.43. The Balaban J connectivity index is 1.98. The van der Waals surface area contributed by atoms with Crippen LogP contribution in [-0.4, -0.2) is 0 Å². The van der Waals surface area contributed by atoms with Gasteiger partial charge in [0.05, 0.1) is 5.92 Å². The molecule has 1 atom stereocenters. The second kappa shape index (κ2) is 5.39. The van der Waals surface area contributed by atoms with Crippen LogP contribution in [0.1, 0.15) is 17.0 Å². The summed E-state index contributed by atoms with van der Waals surface area (Å²) in [4.78, 5) is 0. The van der Waals surface area contributed by atoms with Crippen LogP contribution in [0.3, 0.4) is 0 Å². The van der Waals surface area contributed by atoms with Gasteiger partial charge >= 0.3 is 0 Å². The summed E-state index contributed by atoms with van der Waals surface area (Å²) in [5, 5.41) is 11.6. The molecular weight excluding hydrogens is 303 g/mol. The molecule has 2 N–H and O–H groups in total. The van der Waals surface area contributed by atoms with Crippen LogP contribution in [0.4, 0.5) is 4.39 Å². The number of nitrogens with two attached hydrogens (primary N) is 1. The first-order chi connectivity index (χ1) is 11.7. The van der Waals surface area contributed by atoms with Crippen LogP contribution in [0, 0.1) is 17.1 Å². The molecule has 0 bridgehead atoms. The van der Waals surface area contributed by atoms with Crippen molar-refractivity contribution in [3.05, 3.63) is 89.1 Å². The third kappa shape index (κ3) is 2.19. The number of ether oxygens (including phenoxy) is 1. The zero-order valence-corrected chi connectivity index (χ0v) is 12.7. The van der Waals surface area contributed by atoms with E-state index >= 15 is 0 Å². The maximum absolute atomic E-state index is 13.3. The summed E-state index contributed by atoms with van der Waals surface area (Å²) in [6.07, 6.45) is 0. The van der Waals surface area contributed by atoms with E-state index in [0.29, 0.717) is 11.3 Å². The van der Waals surface area contributed by atoms with E-state index in [1.807, 2.05) is 36.4 Å². The largest absolute Gasteiger partial charge is 0.440 e. The van der Waals surface area contributed by atoms with E-state index in [-0.39, 0.29) is 17.6 Å². The number of rotatable bonds is 1. The molecule has 116 valence electrons. The Kier molecular flexibility index (Phi) is 3.21. The molecular formula is C20H13FN2O. The average molecular weight is 316 g/mol. The van der Waals surface area contributed by atoms with Crippen molar-refractivity contribution in [1.29, 1.82) is 5.26 Å². The summed E-state index contributed by atoms with van der Waals surface area (Å²) in [7, 11) is 0. The van der Waals surface area contributed by atoms with Crippen molar-refractivity contribution < 1.29 is 9.13 Å². The number of fused-ring (bicyclic) bond motifs is 2. The van der Waals surface area contributed by atoms with E-state index in [1.165, 1.54) is 12.1 Å². The minimum Gasteiger partial charge on any atom is -0.440 e. The van der Waals surface area contributed by atoms with Gasteiger partial charge < -0.3 is 10.5 Å². The Bertz CT molecular complexity index is 1020. The predicted octanol–water partition coefficient (Wildman–Crippen LogP) is 4.20. The van der Waals surface area contributed by atoms with Gasteiger partial charge in [-0.05, 0) is 40.6 Å². The van der Waals surface area contributed by atoms with Crippen LogP contribution in [0.5, 0.6) is 5.75 Å². The first-order valence-corrected chi connectivity index (χ1v) is 7.53. The number of allylic oxidation sites excluding steroid dienone is 1. The SMILES string of the molecule is N#CC1=C(N)Oc2cc3ccccc3cc2C1c1ccc(F)cc1. The van der Waals surface area contributed by atoms with Crippen molar-refractivity contribution >= 4 is 10.8 Å². The fourth-order valence-corrected chi connectivity index (χ4v) is 3.14. The summed E-state index contributed by atoms with van der Waals surface area (Å²) in [5.41, 5.74) is 7.96. The number of benzene rings is 3. The lowest BCUT2D eigenvalue weighted by Gasteiger charge is -2.27. The van der Waals surface area contributed by atoms with E-state index < -0.39 is 0 Å². The van der Waals surface area contributed by atoms with Crippen molar-refractivity contribution in [1.82, 2.24) is 0 Å². The normalized spacial score (nSPS) is 16.4. The molecule has 0 amide bonds. The molecule has 4 heteroatoms. The van der Waals surface area contributed by atoms with E-state index in [1.54, 1.807) is 12.1 Å². The van der Waals surface area contributed by atoms with Crippen molar-refractivity contribution in [2.24, 2.45) is 5.73 Å². The average Bonchev–Trinajstić information content (AvgIpc) is 2.60. The maximum atomic E-state index is 13.3. The fraction of sp³-hybridized carbons (Fsp3) is 0.0500. The molecule has 0 aliphatic carbocycles. The van der Waals surface area contributed by atoms with Crippen molar-refractivity contribution in [2.45, 2.75) is 5.92 Å². The summed E-state index contributed by atoms with van der Waals surface area (Å²) in [5.74, 6) is 0.0260. The Morgan fingerprint density at radius 3 is 2.33 bits per heavy atom. The smallest absolute Gasteiger partial charge is 0.205 e. The third-order valence-corrected chi connectivity index (χ3v) is 4.29. The van der Waals surface area contributed by atoms with Crippen LogP contribution in [0.15, 0.2) is 72.1 Å². The molecule has 1 unspecified atom stereocenters. The van der Waals surface area contributed by atoms with Crippen LogP contribution < -0.4 is 10.5 Å². The van der Waals surface area contributed by atoms with Crippen LogP contribution in [-0.2, 0) is 0 Å². The molecule has 0 saturated heterocycles. The van der Waals surface area contributed by atoms with Crippen LogP contribution >= 0.6 is 0 Å². The van der Waals surface area contributed by atoms with Crippen LogP contribution in [0.2, 0.25) is 0 Å². The quantitative estimate of drug-likeness (QED) is 0.732. The number of nitriles is 1. The minimum absolute atomic E-state index is 0.0922. The third-order valence-electron chi connectivity index (χ3n) is 4.29. The predicted molar refractivity (Wildman–Crippen MR) is 89.6 cm³/mol. The van der Waals surface area contributed by atoms with E-state index in [0.717, 1.165) is 21.9 Å². The second-order valence-corrected chi connectivity index (χ2v) is 5.71. The maximum Gasteiger partial charge on any atom is 0.205 e. The Morgan fingerprint density at radius 1 is 1.00 bits per heavy atom. The lowest BCUT2D eigenvalue weighted by atomic mass is 9.82. The first kappa shape index (κ1) is 14.3. The number of halogens is 1. The molecule has 4 rings (SSSR count). The molecule has 1 heterocycles. The highest BCUT2D eigenvalue weighted by Gasteiger charge is 2.30. The number of hydrogen-bond acceptors (Lipinski definition) is 3. The highest BCUT2D eigenvalue weighted by atomic mass is 19.1. The zero-order valence-electron chi connectivity index (χ0n) is 12.7. The topological polar surface area (TPSA) is 59.0 Å². The second-order valence-electron chi connectivity index (χ2n) is 5.71. The first-order valence-electron chi connectivity index (χ1n) is 7.53. The highest BCUT2D eigenvalue weighted by molar-refractivity contribution is 5.86. The van der Waals surface area contributed by atoms with Gasteiger partial charge in [0, 0.05) is 5.56 Å². The molecule has 0 saturated carbocycles. The molecule has 0 spiro atoms. The van der Waals surface area contributed by atoms with E-state index in [9.17, 15) is 9.65 Å². The molecule has 0 aromatic heterocycles. The van der Waals surface area contributed by atoms with Gasteiger partial charge in [-0.1, -0.05) is 36.4 Å².